The molecule has 0 aliphatic carbocycles. The van der Waals surface area contributed by atoms with Crippen LogP contribution < -0.4 is 10.5 Å². The van der Waals surface area contributed by atoms with Crippen molar-refractivity contribution in [3.05, 3.63) is 53.6 Å². The van der Waals surface area contributed by atoms with Gasteiger partial charge in [-0.3, -0.25) is 0 Å². The molecule has 0 amide bonds. The van der Waals surface area contributed by atoms with E-state index < -0.39 is 0 Å². The van der Waals surface area contributed by atoms with Crippen LogP contribution in [0.2, 0.25) is 0 Å². The van der Waals surface area contributed by atoms with Gasteiger partial charge in [0.1, 0.15) is 18.1 Å². The molecular weight excluding hydrogens is 214 g/mol. The third kappa shape index (κ3) is 2.91. The predicted molar refractivity (Wildman–Crippen MR) is 68.0 cm³/mol. The second-order valence-electron chi connectivity index (χ2n) is 4.00. The predicted octanol–water partition coefficient (Wildman–Crippen LogP) is 2.86. The van der Waals surface area contributed by atoms with Crippen LogP contribution in [-0.2, 0) is 6.61 Å². The van der Waals surface area contributed by atoms with Crippen molar-refractivity contribution in [1.29, 1.82) is 0 Å². The molecule has 0 saturated carbocycles. The molecule has 17 heavy (non-hydrogen) atoms. The highest BCUT2D eigenvalue weighted by Gasteiger charge is 2.00. The van der Waals surface area contributed by atoms with Gasteiger partial charge in [-0.05, 0) is 42.3 Å². The molecule has 3 N–H and O–H groups in total. The van der Waals surface area contributed by atoms with Crippen LogP contribution in [0.4, 0.5) is 5.69 Å². The summed E-state index contributed by atoms with van der Waals surface area (Å²) in [4.78, 5) is 0. The summed E-state index contributed by atoms with van der Waals surface area (Å²) in [6.07, 6.45) is 0. The van der Waals surface area contributed by atoms with Crippen molar-refractivity contribution in [2.24, 2.45) is 0 Å². The molecule has 0 saturated heterocycles. The molecule has 0 aliphatic rings. The van der Waals surface area contributed by atoms with Crippen molar-refractivity contribution in [3.63, 3.8) is 0 Å². The van der Waals surface area contributed by atoms with E-state index >= 15 is 0 Å². The van der Waals surface area contributed by atoms with Gasteiger partial charge in [-0.1, -0.05) is 18.2 Å². The normalized spacial score (nSPS) is 10.2. The molecule has 0 atom stereocenters. The van der Waals surface area contributed by atoms with Crippen LogP contribution in [0.5, 0.6) is 11.5 Å². The number of phenolic OH excluding ortho intramolecular Hbond substituents is 1. The van der Waals surface area contributed by atoms with Gasteiger partial charge in [0.15, 0.2) is 0 Å². The number of nitrogen functional groups attached to an aromatic ring is 1. The van der Waals surface area contributed by atoms with Crippen molar-refractivity contribution in [2.75, 3.05) is 5.73 Å². The molecule has 2 aromatic carbocycles. The lowest BCUT2D eigenvalue weighted by atomic mass is 10.2. The Labute approximate surface area is 100 Å². The lowest BCUT2D eigenvalue weighted by Crippen LogP contribution is -1.97. The molecule has 0 spiro atoms. The van der Waals surface area contributed by atoms with E-state index in [1.807, 2.05) is 31.2 Å². The molecule has 0 aromatic heterocycles. The Morgan fingerprint density at radius 1 is 1.18 bits per heavy atom. The van der Waals surface area contributed by atoms with E-state index in [0.717, 1.165) is 16.9 Å². The summed E-state index contributed by atoms with van der Waals surface area (Å²) in [6.45, 7) is 2.46. The fourth-order valence-electron chi connectivity index (χ4n) is 1.57. The zero-order chi connectivity index (χ0) is 12.3. The summed E-state index contributed by atoms with van der Waals surface area (Å²) >= 11 is 0. The van der Waals surface area contributed by atoms with E-state index in [1.165, 1.54) is 0 Å². The topological polar surface area (TPSA) is 55.5 Å². The molecule has 0 heterocycles. The highest BCUT2D eigenvalue weighted by atomic mass is 16.5. The molecule has 2 aromatic rings. The van der Waals surface area contributed by atoms with Gasteiger partial charge < -0.3 is 15.6 Å². The van der Waals surface area contributed by atoms with Gasteiger partial charge in [-0.15, -0.1) is 0 Å². The van der Waals surface area contributed by atoms with Crippen LogP contribution in [0, 0.1) is 6.92 Å². The van der Waals surface area contributed by atoms with Crippen LogP contribution in [0.3, 0.4) is 0 Å². The summed E-state index contributed by atoms with van der Waals surface area (Å²) in [5.74, 6) is 0.931. The van der Waals surface area contributed by atoms with Gasteiger partial charge in [0.2, 0.25) is 0 Å². The minimum atomic E-state index is 0.101. The first-order valence-electron chi connectivity index (χ1n) is 5.42. The number of aryl methyl sites for hydroxylation is 1. The number of aromatic hydroxyl groups is 1. The Hall–Kier alpha value is -2.16. The molecule has 0 unspecified atom stereocenters. The standard InChI is InChI=1S/C14H15NO2/c1-10-3-2-4-12(7-10)17-9-11-5-6-14(16)13(15)8-11/h2-8,16H,9,15H2,1H3. The van der Waals surface area contributed by atoms with Crippen LogP contribution in [0.1, 0.15) is 11.1 Å². The molecule has 0 radical (unpaired) electrons. The summed E-state index contributed by atoms with van der Waals surface area (Å²) < 4.78 is 5.63. The molecule has 0 fully saturated rings. The minimum absolute atomic E-state index is 0.101. The maximum atomic E-state index is 9.30. The maximum Gasteiger partial charge on any atom is 0.138 e. The molecule has 3 heteroatoms. The van der Waals surface area contributed by atoms with E-state index in [9.17, 15) is 5.11 Å². The first-order chi connectivity index (χ1) is 8.15. The van der Waals surface area contributed by atoms with E-state index in [2.05, 4.69) is 0 Å². The summed E-state index contributed by atoms with van der Waals surface area (Å²) in [6, 6.07) is 12.9. The Bertz CT molecular complexity index is 523. The van der Waals surface area contributed by atoms with Gasteiger partial charge >= 0.3 is 0 Å². The average Bonchev–Trinajstić information content (AvgIpc) is 2.31. The molecule has 2 rings (SSSR count). The number of anilines is 1. The second kappa shape index (κ2) is 4.78. The first kappa shape index (κ1) is 11.3. The summed E-state index contributed by atoms with van der Waals surface area (Å²) in [5.41, 5.74) is 8.07. The zero-order valence-corrected chi connectivity index (χ0v) is 9.68. The average molecular weight is 229 g/mol. The number of benzene rings is 2. The van der Waals surface area contributed by atoms with Crippen LogP contribution in [0.15, 0.2) is 42.5 Å². The lowest BCUT2D eigenvalue weighted by Gasteiger charge is -2.08. The Morgan fingerprint density at radius 3 is 2.71 bits per heavy atom. The quantitative estimate of drug-likeness (QED) is 0.628. The van der Waals surface area contributed by atoms with Gasteiger partial charge in [0.05, 0.1) is 5.69 Å². The highest BCUT2D eigenvalue weighted by molar-refractivity contribution is 5.53. The fraction of sp³-hybridized carbons (Fsp3) is 0.143. The molecular formula is C14H15NO2. The first-order valence-corrected chi connectivity index (χ1v) is 5.42. The number of hydrogen-bond donors (Lipinski definition) is 2. The molecule has 0 bridgehead atoms. The Balaban J connectivity index is 2.05. The summed E-state index contributed by atoms with van der Waals surface area (Å²) in [5, 5.41) is 9.30. The van der Waals surface area contributed by atoms with Gasteiger partial charge in [0, 0.05) is 0 Å². The van der Waals surface area contributed by atoms with Gasteiger partial charge in [-0.25, -0.2) is 0 Å². The number of hydrogen-bond acceptors (Lipinski definition) is 3. The fourth-order valence-corrected chi connectivity index (χ4v) is 1.57. The number of rotatable bonds is 3. The van der Waals surface area contributed by atoms with Crippen molar-refractivity contribution >= 4 is 5.69 Å². The molecule has 88 valence electrons. The third-order valence-corrected chi connectivity index (χ3v) is 2.49. The van der Waals surface area contributed by atoms with Crippen molar-refractivity contribution in [2.45, 2.75) is 13.5 Å². The van der Waals surface area contributed by atoms with E-state index in [4.69, 9.17) is 10.5 Å². The molecule has 0 aliphatic heterocycles. The zero-order valence-electron chi connectivity index (χ0n) is 9.68. The minimum Gasteiger partial charge on any atom is -0.506 e. The Kier molecular flexibility index (Phi) is 3.19. The van der Waals surface area contributed by atoms with E-state index in [0.29, 0.717) is 12.3 Å². The van der Waals surface area contributed by atoms with Crippen molar-refractivity contribution < 1.29 is 9.84 Å². The maximum absolute atomic E-state index is 9.30. The van der Waals surface area contributed by atoms with Crippen LogP contribution in [0.25, 0.3) is 0 Å². The SMILES string of the molecule is Cc1cccc(OCc2ccc(O)c(N)c2)c1. The van der Waals surface area contributed by atoms with Crippen LogP contribution in [-0.4, -0.2) is 5.11 Å². The lowest BCUT2D eigenvalue weighted by molar-refractivity contribution is 0.306. The monoisotopic (exact) mass is 229 g/mol. The highest BCUT2D eigenvalue weighted by Crippen LogP contribution is 2.21. The van der Waals surface area contributed by atoms with E-state index in [1.54, 1.807) is 18.2 Å². The van der Waals surface area contributed by atoms with Gasteiger partial charge in [0.25, 0.3) is 0 Å². The number of ether oxygens (including phenoxy) is 1. The summed E-state index contributed by atoms with van der Waals surface area (Å²) in [7, 11) is 0. The largest absolute Gasteiger partial charge is 0.506 e. The Morgan fingerprint density at radius 2 is 2.00 bits per heavy atom. The number of nitrogens with two attached hydrogens (primary N) is 1. The molecule has 3 nitrogen and oxygen atoms in total. The second-order valence-corrected chi connectivity index (χ2v) is 4.00. The third-order valence-electron chi connectivity index (χ3n) is 2.49. The smallest absolute Gasteiger partial charge is 0.138 e. The van der Waals surface area contributed by atoms with Gasteiger partial charge in [-0.2, -0.15) is 0 Å². The van der Waals surface area contributed by atoms with Crippen LogP contribution >= 0.6 is 0 Å². The number of phenols is 1. The van der Waals surface area contributed by atoms with Crippen molar-refractivity contribution in [1.82, 2.24) is 0 Å². The van der Waals surface area contributed by atoms with Crippen molar-refractivity contribution in [3.8, 4) is 11.5 Å². The van der Waals surface area contributed by atoms with E-state index in [-0.39, 0.29) is 5.75 Å².